The van der Waals surface area contributed by atoms with Crippen molar-refractivity contribution in [1.29, 1.82) is 0 Å². The van der Waals surface area contributed by atoms with Gasteiger partial charge in [0.25, 0.3) is 5.91 Å². The third kappa shape index (κ3) is 5.33. The second-order valence-corrected chi connectivity index (χ2v) is 10.6. The van der Waals surface area contributed by atoms with Crippen LogP contribution in [0.3, 0.4) is 0 Å². The largest absolute Gasteiger partial charge is 0.316 e. The van der Waals surface area contributed by atoms with Gasteiger partial charge in [0.05, 0.1) is 16.0 Å². The standard InChI is InChI=1S/C20H22N2O3S3/c1-15-8-9-17-18(12-15)27-20(22(17)10-11-26-2)21-19(23)14-28(24,25)13-16-6-4-3-5-7-16/h3-9,12H,10-11,13-14H2,1-2H3. The summed E-state index contributed by atoms with van der Waals surface area (Å²) in [7, 11) is -3.57. The molecule has 0 aliphatic carbocycles. The van der Waals surface area contributed by atoms with Crippen molar-refractivity contribution in [2.45, 2.75) is 19.2 Å². The smallest absolute Gasteiger partial charge is 0.263 e. The van der Waals surface area contributed by atoms with E-state index in [1.165, 1.54) is 11.3 Å². The second-order valence-electron chi connectivity index (χ2n) is 6.52. The number of hydrogen-bond donors (Lipinski definition) is 0. The van der Waals surface area contributed by atoms with E-state index in [9.17, 15) is 13.2 Å². The van der Waals surface area contributed by atoms with E-state index in [2.05, 4.69) is 11.1 Å². The van der Waals surface area contributed by atoms with Crippen LogP contribution in [-0.2, 0) is 26.9 Å². The molecule has 3 aromatic rings. The molecule has 1 amide bonds. The molecule has 8 heteroatoms. The number of aromatic nitrogens is 1. The van der Waals surface area contributed by atoms with Crippen LogP contribution in [0.2, 0.25) is 0 Å². The van der Waals surface area contributed by atoms with Crippen LogP contribution in [0.5, 0.6) is 0 Å². The van der Waals surface area contributed by atoms with E-state index in [-0.39, 0.29) is 5.75 Å². The Balaban J connectivity index is 1.89. The molecule has 1 heterocycles. The Bertz CT molecular complexity index is 1150. The molecule has 0 N–H and O–H groups in total. The Morgan fingerprint density at radius 1 is 1.18 bits per heavy atom. The fourth-order valence-electron chi connectivity index (χ4n) is 2.87. The minimum atomic E-state index is -3.57. The van der Waals surface area contributed by atoms with Gasteiger partial charge in [0.15, 0.2) is 14.6 Å². The molecule has 0 aliphatic heterocycles. The molecule has 0 fully saturated rings. The number of amides is 1. The fourth-order valence-corrected chi connectivity index (χ4v) is 5.65. The Morgan fingerprint density at radius 2 is 1.93 bits per heavy atom. The summed E-state index contributed by atoms with van der Waals surface area (Å²) in [6, 6.07) is 15.0. The average Bonchev–Trinajstić information content (AvgIpc) is 2.95. The molecule has 1 aromatic heterocycles. The third-order valence-electron chi connectivity index (χ3n) is 4.15. The molecule has 0 spiro atoms. The molecule has 0 unspecified atom stereocenters. The summed E-state index contributed by atoms with van der Waals surface area (Å²) >= 11 is 3.13. The fraction of sp³-hybridized carbons (Fsp3) is 0.300. The molecule has 0 saturated heterocycles. The van der Waals surface area contributed by atoms with E-state index < -0.39 is 21.5 Å². The Morgan fingerprint density at radius 3 is 2.64 bits per heavy atom. The lowest BCUT2D eigenvalue weighted by Gasteiger charge is -2.04. The molecule has 3 rings (SSSR count). The lowest BCUT2D eigenvalue weighted by Crippen LogP contribution is -2.22. The first-order chi connectivity index (χ1) is 13.4. The molecular weight excluding hydrogens is 412 g/mol. The molecule has 148 valence electrons. The first kappa shape index (κ1) is 20.8. The van der Waals surface area contributed by atoms with Crippen LogP contribution in [0.1, 0.15) is 11.1 Å². The zero-order valence-corrected chi connectivity index (χ0v) is 18.2. The number of nitrogens with zero attached hydrogens (tertiary/aromatic N) is 2. The molecule has 5 nitrogen and oxygen atoms in total. The van der Waals surface area contributed by atoms with E-state index in [1.54, 1.807) is 36.0 Å². The maximum Gasteiger partial charge on any atom is 0.263 e. The van der Waals surface area contributed by atoms with Crippen molar-refractivity contribution >= 4 is 49.1 Å². The van der Waals surface area contributed by atoms with Gasteiger partial charge in [-0.1, -0.05) is 47.7 Å². The van der Waals surface area contributed by atoms with E-state index in [0.717, 1.165) is 21.5 Å². The van der Waals surface area contributed by atoms with Crippen LogP contribution in [0.15, 0.2) is 53.5 Å². The number of sulfone groups is 1. The summed E-state index contributed by atoms with van der Waals surface area (Å²) in [6.45, 7) is 2.73. The molecular formula is C20H22N2O3S3. The SMILES string of the molecule is CSCCn1c(=NC(=O)CS(=O)(=O)Cc2ccccc2)sc2cc(C)ccc21. The summed E-state index contributed by atoms with van der Waals surface area (Å²) in [5.74, 6) is -0.490. The van der Waals surface area contributed by atoms with Gasteiger partial charge in [-0.3, -0.25) is 4.79 Å². The number of benzene rings is 2. The topological polar surface area (TPSA) is 68.5 Å². The van der Waals surface area contributed by atoms with Gasteiger partial charge in [0.2, 0.25) is 0 Å². The highest BCUT2D eigenvalue weighted by Crippen LogP contribution is 2.19. The van der Waals surface area contributed by atoms with Gasteiger partial charge in [-0.2, -0.15) is 16.8 Å². The van der Waals surface area contributed by atoms with Crippen molar-refractivity contribution in [2.24, 2.45) is 4.99 Å². The van der Waals surface area contributed by atoms with Gasteiger partial charge in [-0.05, 0) is 36.4 Å². The molecule has 0 saturated carbocycles. The van der Waals surface area contributed by atoms with Crippen molar-refractivity contribution in [3.8, 4) is 0 Å². The summed E-state index contributed by atoms with van der Waals surface area (Å²) in [5, 5.41) is 0. The molecule has 2 aromatic carbocycles. The number of hydrogen-bond acceptors (Lipinski definition) is 5. The Hall–Kier alpha value is -1.90. The van der Waals surface area contributed by atoms with Crippen LogP contribution in [0.25, 0.3) is 10.2 Å². The number of aryl methyl sites for hydroxylation is 2. The van der Waals surface area contributed by atoms with Crippen molar-refractivity contribution in [1.82, 2.24) is 4.57 Å². The average molecular weight is 435 g/mol. The van der Waals surface area contributed by atoms with Crippen molar-refractivity contribution in [3.05, 3.63) is 64.5 Å². The Labute approximate surface area is 173 Å². The van der Waals surface area contributed by atoms with Crippen molar-refractivity contribution < 1.29 is 13.2 Å². The van der Waals surface area contributed by atoms with Crippen molar-refractivity contribution in [2.75, 3.05) is 17.8 Å². The van der Waals surface area contributed by atoms with Crippen LogP contribution in [0, 0.1) is 6.92 Å². The van der Waals surface area contributed by atoms with Gasteiger partial charge >= 0.3 is 0 Å². The molecule has 0 radical (unpaired) electrons. The van der Waals surface area contributed by atoms with Crippen LogP contribution < -0.4 is 4.80 Å². The Kier molecular flexibility index (Phi) is 6.74. The van der Waals surface area contributed by atoms with Gasteiger partial charge in [-0.25, -0.2) is 8.42 Å². The highest BCUT2D eigenvalue weighted by Gasteiger charge is 2.18. The molecule has 0 bridgehead atoms. The summed E-state index contributed by atoms with van der Waals surface area (Å²) < 4.78 is 27.8. The monoisotopic (exact) mass is 434 g/mol. The van der Waals surface area contributed by atoms with Gasteiger partial charge in [-0.15, -0.1) is 0 Å². The van der Waals surface area contributed by atoms with Gasteiger partial charge < -0.3 is 4.57 Å². The predicted octanol–water partition coefficient (Wildman–Crippen LogP) is 3.42. The normalized spacial score (nSPS) is 12.6. The quantitative estimate of drug-likeness (QED) is 0.571. The molecule has 0 atom stereocenters. The lowest BCUT2D eigenvalue weighted by molar-refractivity contribution is -0.115. The maximum atomic E-state index is 12.4. The minimum absolute atomic E-state index is 0.160. The van der Waals surface area contributed by atoms with E-state index in [1.807, 2.05) is 35.9 Å². The van der Waals surface area contributed by atoms with E-state index in [4.69, 9.17) is 0 Å². The lowest BCUT2D eigenvalue weighted by atomic mass is 10.2. The maximum absolute atomic E-state index is 12.4. The van der Waals surface area contributed by atoms with Gasteiger partial charge in [0.1, 0.15) is 5.75 Å². The summed E-state index contributed by atoms with van der Waals surface area (Å²) in [6.07, 6.45) is 2.03. The highest BCUT2D eigenvalue weighted by atomic mass is 32.2. The first-order valence-electron chi connectivity index (χ1n) is 8.79. The summed E-state index contributed by atoms with van der Waals surface area (Å²) in [4.78, 5) is 17.1. The number of rotatable bonds is 7. The van der Waals surface area contributed by atoms with Gasteiger partial charge in [0, 0.05) is 12.3 Å². The number of thioether (sulfide) groups is 1. The number of carbonyl (C=O) groups is 1. The minimum Gasteiger partial charge on any atom is -0.316 e. The zero-order chi connectivity index (χ0) is 20.1. The van der Waals surface area contributed by atoms with E-state index >= 15 is 0 Å². The van der Waals surface area contributed by atoms with Crippen LogP contribution in [-0.4, -0.2) is 36.7 Å². The molecule has 28 heavy (non-hydrogen) atoms. The first-order valence-corrected chi connectivity index (χ1v) is 12.8. The summed E-state index contributed by atoms with van der Waals surface area (Å²) in [5.41, 5.74) is 2.82. The predicted molar refractivity (Wildman–Crippen MR) is 117 cm³/mol. The van der Waals surface area contributed by atoms with Crippen LogP contribution >= 0.6 is 23.1 Å². The number of carbonyl (C=O) groups excluding carboxylic acids is 1. The third-order valence-corrected chi connectivity index (χ3v) is 7.24. The van der Waals surface area contributed by atoms with Crippen LogP contribution in [0.4, 0.5) is 0 Å². The number of thiazole rings is 1. The second kappa shape index (κ2) is 9.07. The number of fused-ring (bicyclic) bond motifs is 1. The highest BCUT2D eigenvalue weighted by molar-refractivity contribution is 7.98. The van der Waals surface area contributed by atoms with E-state index in [0.29, 0.717) is 16.9 Å². The zero-order valence-electron chi connectivity index (χ0n) is 15.8. The molecule has 0 aliphatic rings. The van der Waals surface area contributed by atoms with Crippen molar-refractivity contribution in [3.63, 3.8) is 0 Å².